The van der Waals surface area contributed by atoms with Crippen LogP contribution in [0.2, 0.25) is 0 Å². The van der Waals surface area contributed by atoms with Crippen LogP contribution >= 0.6 is 0 Å². The molecule has 6 heteroatoms. The summed E-state index contributed by atoms with van der Waals surface area (Å²) in [6, 6.07) is 19.9. The molecular formula is C26H35N3O3. The zero-order valence-corrected chi connectivity index (χ0v) is 19.4. The quantitative estimate of drug-likeness (QED) is 0.415. The van der Waals surface area contributed by atoms with Crippen molar-refractivity contribution < 1.29 is 14.6 Å². The van der Waals surface area contributed by atoms with Gasteiger partial charge in [-0.3, -0.25) is 4.90 Å². The minimum absolute atomic E-state index is 0.371. The standard InChI is InChI=1S/C26H35N3O3/c1-4-12-22(30)19-28(17-18-31-3)20-24-25(5-2)27-29(21-13-8-6-9-14-21)26(24)32-23-15-10-7-11-16-23/h6-11,13-16,22,30H,4-5,12,17-20H2,1-3H3. The number of hydrogen-bond acceptors (Lipinski definition) is 5. The Morgan fingerprint density at radius 1 is 1.03 bits per heavy atom. The second-order valence-electron chi connectivity index (χ2n) is 7.92. The Labute approximate surface area is 191 Å². The second-order valence-corrected chi connectivity index (χ2v) is 7.92. The van der Waals surface area contributed by atoms with E-state index in [1.54, 1.807) is 7.11 Å². The van der Waals surface area contributed by atoms with Gasteiger partial charge in [0.2, 0.25) is 5.88 Å². The third kappa shape index (κ3) is 6.42. The van der Waals surface area contributed by atoms with Gasteiger partial charge >= 0.3 is 0 Å². The molecule has 32 heavy (non-hydrogen) atoms. The topological polar surface area (TPSA) is 59.8 Å². The minimum Gasteiger partial charge on any atom is -0.439 e. The molecule has 172 valence electrons. The van der Waals surface area contributed by atoms with E-state index in [1.165, 1.54) is 0 Å². The maximum absolute atomic E-state index is 10.5. The third-order valence-electron chi connectivity index (χ3n) is 5.40. The summed E-state index contributed by atoms with van der Waals surface area (Å²) in [6.45, 7) is 6.74. The molecule has 0 saturated heterocycles. The molecular weight excluding hydrogens is 402 g/mol. The van der Waals surface area contributed by atoms with E-state index in [9.17, 15) is 5.11 Å². The molecule has 1 unspecified atom stereocenters. The van der Waals surface area contributed by atoms with E-state index in [-0.39, 0.29) is 6.10 Å². The fourth-order valence-electron chi connectivity index (χ4n) is 3.77. The van der Waals surface area contributed by atoms with Crippen LogP contribution in [0.3, 0.4) is 0 Å². The van der Waals surface area contributed by atoms with Gasteiger partial charge in [0.15, 0.2) is 0 Å². The van der Waals surface area contributed by atoms with Crippen molar-refractivity contribution in [3.8, 4) is 17.3 Å². The average molecular weight is 438 g/mol. The highest BCUT2D eigenvalue weighted by molar-refractivity contribution is 5.43. The smallest absolute Gasteiger partial charge is 0.227 e. The number of nitrogens with zero attached hydrogens (tertiary/aromatic N) is 3. The number of hydrogen-bond donors (Lipinski definition) is 1. The molecule has 0 aliphatic rings. The molecule has 0 bridgehead atoms. The summed E-state index contributed by atoms with van der Waals surface area (Å²) >= 11 is 0. The number of aliphatic hydroxyl groups excluding tert-OH is 1. The molecule has 0 spiro atoms. The van der Waals surface area contributed by atoms with E-state index < -0.39 is 0 Å². The van der Waals surface area contributed by atoms with Crippen LogP contribution in [-0.4, -0.2) is 52.7 Å². The predicted molar refractivity (Wildman–Crippen MR) is 128 cm³/mol. The van der Waals surface area contributed by atoms with E-state index in [2.05, 4.69) is 18.7 Å². The highest BCUT2D eigenvalue weighted by Gasteiger charge is 2.23. The molecule has 6 nitrogen and oxygen atoms in total. The van der Waals surface area contributed by atoms with Crippen LogP contribution < -0.4 is 4.74 Å². The zero-order chi connectivity index (χ0) is 22.8. The van der Waals surface area contributed by atoms with Gasteiger partial charge in [-0.1, -0.05) is 56.7 Å². The number of benzene rings is 2. The fourth-order valence-corrected chi connectivity index (χ4v) is 3.77. The Morgan fingerprint density at radius 3 is 2.34 bits per heavy atom. The molecule has 0 aliphatic heterocycles. The largest absolute Gasteiger partial charge is 0.439 e. The highest BCUT2D eigenvalue weighted by atomic mass is 16.5. The van der Waals surface area contributed by atoms with Crippen molar-refractivity contribution in [1.82, 2.24) is 14.7 Å². The van der Waals surface area contributed by atoms with Gasteiger partial charge in [-0.15, -0.1) is 0 Å². The van der Waals surface area contributed by atoms with Gasteiger partial charge in [0, 0.05) is 26.7 Å². The first-order valence-corrected chi connectivity index (χ1v) is 11.4. The average Bonchev–Trinajstić information content (AvgIpc) is 3.15. The first-order valence-electron chi connectivity index (χ1n) is 11.4. The van der Waals surface area contributed by atoms with Crippen molar-refractivity contribution in [2.45, 2.75) is 45.8 Å². The molecule has 0 aliphatic carbocycles. The van der Waals surface area contributed by atoms with Crippen LogP contribution in [0.5, 0.6) is 11.6 Å². The predicted octanol–water partition coefficient (Wildman–Crippen LogP) is 4.84. The second kappa shape index (κ2) is 12.4. The number of rotatable bonds is 13. The van der Waals surface area contributed by atoms with Gasteiger partial charge < -0.3 is 14.6 Å². The van der Waals surface area contributed by atoms with Crippen molar-refractivity contribution in [2.75, 3.05) is 26.8 Å². The van der Waals surface area contributed by atoms with Crippen molar-refractivity contribution in [3.05, 3.63) is 71.9 Å². The Kier molecular flexibility index (Phi) is 9.28. The Hall–Kier alpha value is -2.67. The van der Waals surface area contributed by atoms with Gasteiger partial charge in [0.05, 0.1) is 29.7 Å². The lowest BCUT2D eigenvalue weighted by Gasteiger charge is -2.25. The number of aromatic nitrogens is 2. The number of aryl methyl sites for hydroxylation is 1. The van der Waals surface area contributed by atoms with E-state index in [0.29, 0.717) is 25.6 Å². The van der Waals surface area contributed by atoms with Crippen molar-refractivity contribution in [1.29, 1.82) is 0 Å². The summed E-state index contributed by atoms with van der Waals surface area (Å²) in [5.74, 6) is 1.48. The molecule has 1 heterocycles. The molecule has 0 saturated carbocycles. The number of para-hydroxylation sites is 2. The third-order valence-corrected chi connectivity index (χ3v) is 5.40. The van der Waals surface area contributed by atoms with Crippen LogP contribution in [0.25, 0.3) is 5.69 Å². The van der Waals surface area contributed by atoms with Crippen molar-refractivity contribution >= 4 is 0 Å². The molecule has 3 aromatic rings. The van der Waals surface area contributed by atoms with Crippen LogP contribution in [0.4, 0.5) is 0 Å². The molecule has 3 rings (SSSR count). The van der Waals surface area contributed by atoms with Crippen LogP contribution in [-0.2, 0) is 17.7 Å². The molecule has 0 fully saturated rings. The first kappa shape index (κ1) is 24.0. The minimum atomic E-state index is -0.371. The van der Waals surface area contributed by atoms with Gasteiger partial charge in [0.25, 0.3) is 0 Å². The van der Waals surface area contributed by atoms with E-state index in [0.717, 1.165) is 48.5 Å². The number of aliphatic hydroxyl groups is 1. The van der Waals surface area contributed by atoms with Gasteiger partial charge in [-0.2, -0.15) is 5.10 Å². The highest BCUT2D eigenvalue weighted by Crippen LogP contribution is 2.32. The van der Waals surface area contributed by atoms with E-state index in [1.807, 2.05) is 65.3 Å². The molecule has 2 aromatic carbocycles. The maximum Gasteiger partial charge on any atom is 0.227 e. The normalized spacial score (nSPS) is 12.3. The fraction of sp³-hybridized carbons (Fsp3) is 0.423. The van der Waals surface area contributed by atoms with Gasteiger partial charge in [-0.05, 0) is 37.1 Å². The van der Waals surface area contributed by atoms with Crippen LogP contribution in [0.15, 0.2) is 60.7 Å². The Bertz CT molecular complexity index is 928. The molecule has 1 N–H and O–H groups in total. The summed E-state index contributed by atoms with van der Waals surface area (Å²) in [5.41, 5.74) is 2.99. The summed E-state index contributed by atoms with van der Waals surface area (Å²) in [6.07, 6.45) is 2.15. The van der Waals surface area contributed by atoms with Gasteiger partial charge in [-0.25, -0.2) is 4.68 Å². The number of ether oxygens (including phenoxy) is 2. The Morgan fingerprint density at radius 2 is 1.72 bits per heavy atom. The lowest BCUT2D eigenvalue weighted by Crippen LogP contribution is -2.34. The molecule has 1 aromatic heterocycles. The molecule has 1 atom stereocenters. The van der Waals surface area contributed by atoms with Gasteiger partial charge in [0.1, 0.15) is 5.75 Å². The van der Waals surface area contributed by atoms with E-state index in [4.69, 9.17) is 14.6 Å². The summed E-state index contributed by atoms with van der Waals surface area (Å²) in [4.78, 5) is 2.23. The van der Waals surface area contributed by atoms with E-state index >= 15 is 0 Å². The summed E-state index contributed by atoms with van der Waals surface area (Å²) in [5, 5.41) is 15.4. The SMILES string of the molecule is CCCC(O)CN(CCOC)Cc1c(CC)nn(-c2ccccc2)c1Oc1ccccc1. The maximum atomic E-state index is 10.5. The molecule has 0 radical (unpaired) electrons. The van der Waals surface area contributed by atoms with Crippen molar-refractivity contribution in [3.63, 3.8) is 0 Å². The van der Waals surface area contributed by atoms with Crippen LogP contribution in [0.1, 0.15) is 37.9 Å². The Balaban J connectivity index is 2.00. The van der Waals surface area contributed by atoms with Crippen molar-refractivity contribution in [2.24, 2.45) is 0 Å². The lowest BCUT2D eigenvalue weighted by molar-refractivity contribution is 0.0795. The van der Waals surface area contributed by atoms with Crippen LogP contribution in [0, 0.1) is 0 Å². The monoisotopic (exact) mass is 437 g/mol. The first-order chi connectivity index (χ1) is 15.7. The summed E-state index contributed by atoms with van der Waals surface area (Å²) in [7, 11) is 1.70. The summed E-state index contributed by atoms with van der Waals surface area (Å²) < 4.78 is 13.6. The lowest BCUT2D eigenvalue weighted by atomic mass is 10.1. The number of methoxy groups -OCH3 is 1. The zero-order valence-electron chi connectivity index (χ0n) is 19.4. The molecule has 0 amide bonds.